The van der Waals surface area contributed by atoms with Crippen molar-refractivity contribution in [1.29, 1.82) is 0 Å². The molecule has 0 N–H and O–H groups in total. The minimum absolute atomic E-state index is 0.0744. The zero-order valence-electron chi connectivity index (χ0n) is 16.9. The first-order chi connectivity index (χ1) is 11.1. The van der Waals surface area contributed by atoms with Gasteiger partial charge in [-0.3, -0.25) is 0 Å². The van der Waals surface area contributed by atoms with E-state index in [-0.39, 0.29) is 5.41 Å². The molecular formula is C23H30S. The van der Waals surface area contributed by atoms with Crippen LogP contribution in [-0.4, -0.2) is 6.26 Å². The number of fused-ring (bicyclic) bond motifs is 3. The average molecular weight is 339 g/mol. The number of hydrogen-bond donors (Lipinski definition) is 0. The predicted octanol–water partition coefficient (Wildman–Crippen LogP) is 6.87. The van der Waals surface area contributed by atoms with Crippen LogP contribution in [0.5, 0.6) is 0 Å². The summed E-state index contributed by atoms with van der Waals surface area (Å²) >= 11 is 1.90. The van der Waals surface area contributed by atoms with Gasteiger partial charge in [-0.05, 0) is 116 Å². The summed E-state index contributed by atoms with van der Waals surface area (Å²) in [6, 6.07) is 0. The molecule has 128 valence electrons. The summed E-state index contributed by atoms with van der Waals surface area (Å²) in [7, 11) is 0. The first-order valence-corrected chi connectivity index (χ1v) is 10.1. The lowest BCUT2D eigenvalue weighted by atomic mass is 9.76. The fraction of sp³-hybridized carbons (Fsp3) is 0.478. The van der Waals surface area contributed by atoms with Crippen molar-refractivity contribution in [3.8, 4) is 11.1 Å². The Labute approximate surface area is 152 Å². The topological polar surface area (TPSA) is 0 Å². The smallest absolute Gasteiger partial charge is 0.0164 e. The second-order valence-electron chi connectivity index (χ2n) is 8.03. The van der Waals surface area contributed by atoms with E-state index in [9.17, 15) is 0 Å². The van der Waals surface area contributed by atoms with Gasteiger partial charge in [-0.15, -0.1) is 11.8 Å². The normalized spacial score (nSPS) is 14.8. The van der Waals surface area contributed by atoms with E-state index in [2.05, 4.69) is 68.6 Å². The summed E-state index contributed by atoms with van der Waals surface area (Å²) in [5, 5.41) is 0. The largest absolute Gasteiger partial charge is 0.129 e. The molecule has 2 aromatic rings. The lowest BCUT2D eigenvalue weighted by molar-refractivity contribution is 0.646. The van der Waals surface area contributed by atoms with Crippen LogP contribution in [0, 0.1) is 48.5 Å². The highest BCUT2D eigenvalue weighted by Crippen LogP contribution is 2.56. The molecule has 0 heterocycles. The fourth-order valence-electron chi connectivity index (χ4n) is 5.06. The van der Waals surface area contributed by atoms with Crippen molar-refractivity contribution >= 4 is 11.8 Å². The Balaban J connectivity index is 2.61. The number of hydrogen-bond acceptors (Lipinski definition) is 1. The van der Waals surface area contributed by atoms with Crippen LogP contribution in [-0.2, 0) is 5.41 Å². The Bertz CT molecular complexity index is 882. The van der Waals surface area contributed by atoms with E-state index in [1.807, 2.05) is 11.8 Å². The third-order valence-corrected chi connectivity index (χ3v) is 7.66. The van der Waals surface area contributed by atoms with Gasteiger partial charge in [-0.25, -0.2) is 0 Å². The minimum atomic E-state index is 0.0744. The first-order valence-electron chi connectivity index (χ1n) is 8.86. The molecule has 0 radical (unpaired) electrons. The van der Waals surface area contributed by atoms with Gasteiger partial charge in [0.25, 0.3) is 0 Å². The molecule has 1 heteroatoms. The lowest BCUT2D eigenvalue weighted by Crippen LogP contribution is -2.19. The number of benzene rings is 2. The highest BCUT2D eigenvalue weighted by atomic mass is 32.2. The molecule has 0 amide bonds. The molecule has 0 aliphatic heterocycles. The van der Waals surface area contributed by atoms with Crippen LogP contribution in [0.25, 0.3) is 11.1 Å². The van der Waals surface area contributed by atoms with Gasteiger partial charge in [0.15, 0.2) is 0 Å². The Kier molecular flexibility index (Phi) is 3.96. The predicted molar refractivity (Wildman–Crippen MR) is 109 cm³/mol. The monoisotopic (exact) mass is 338 g/mol. The molecule has 24 heavy (non-hydrogen) atoms. The van der Waals surface area contributed by atoms with E-state index < -0.39 is 0 Å². The van der Waals surface area contributed by atoms with Gasteiger partial charge in [-0.1, -0.05) is 13.8 Å². The van der Waals surface area contributed by atoms with Gasteiger partial charge in [0, 0.05) is 10.3 Å². The van der Waals surface area contributed by atoms with Crippen LogP contribution in [0.1, 0.15) is 63.9 Å². The molecule has 2 aromatic carbocycles. The van der Waals surface area contributed by atoms with Crippen molar-refractivity contribution in [1.82, 2.24) is 0 Å². The first kappa shape index (κ1) is 17.6. The summed E-state index contributed by atoms with van der Waals surface area (Å²) in [5.74, 6) is 0. The van der Waals surface area contributed by atoms with Gasteiger partial charge >= 0.3 is 0 Å². The highest BCUT2D eigenvalue weighted by molar-refractivity contribution is 7.98. The lowest BCUT2D eigenvalue weighted by Gasteiger charge is -2.28. The Morgan fingerprint density at radius 2 is 0.958 bits per heavy atom. The van der Waals surface area contributed by atoms with Crippen molar-refractivity contribution < 1.29 is 0 Å². The Hall–Kier alpha value is -1.21. The molecule has 0 unspecified atom stereocenters. The Morgan fingerprint density at radius 1 is 0.542 bits per heavy atom. The van der Waals surface area contributed by atoms with E-state index in [1.54, 1.807) is 11.1 Å². The highest BCUT2D eigenvalue weighted by Gasteiger charge is 2.41. The van der Waals surface area contributed by atoms with Crippen LogP contribution in [0.2, 0.25) is 0 Å². The zero-order chi connectivity index (χ0) is 18.1. The fourth-order valence-corrected chi connectivity index (χ4v) is 5.93. The van der Waals surface area contributed by atoms with E-state index >= 15 is 0 Å². The van der Waals surface area contributed by atoms with E-state index in [0.717, 1.165) is 0 Å². The summed E-state index contributed by atoms with van der Waals surface area (Å²) in [4.78, 5) is 1.47. The third-order valence-electron chi connectivity index (χ3n) is 6.64. The average Bonchev–Trinajstić information content (AvgIpc) is 2.77. The van der Waals surface area contributed by atoms with E-state index in [0.29, 0.717) is 0 Å². The van der Waals surface area contributed by atoms with Gasteiger partial charge in [0.1, 0.15) is 0 Å². The molecule has 0 fully saturated rings. The SMILES string of the molecule is CSc1c(C)c(C)c2c(c1C)C(C)(C)c1c(C)c(C)c(C)c(C)c1-2. The van der Waals surface area contributed by atoms with Gasteiger partial charge in [-0.2, -0.15) is 0 Å². The molecular weight excluding hydrogens is 308 g/mol. The van der Waals surface area contributed by atoms with Crippen LogP contribution >= 0.6 is 11.8 Å². The van der Waals surface area contributed by atoms with Gasteiger partial charge < -0.3 is 0 Å². The van der Waals surface area contributed by atoms with Crippen LogP contribution in [0.3, 0.4) is 0 Å². The summed E-state index contributed by atoms with van der Waals surface area (Å²) in [6.45, 7) is 21.0. The molecule has 0 atom stereocenters. The van der Waals surface area contributed by atoms with Crippen molar-refractivity contribution in [3.63, 3.8) is 0 Å². The van der Waals surface area contributed by atoms with Crippen molar-refractivity contribution in [3.05, 3.63) is 50.1 Å². The molecule has 0 nitrogen and oxygen atoms in total. The number of thioether (sulfide) groups is 1. The maximum atomic E-state index is 2.42. The molecule has 0 saturated carbocycles. The van der Waals surface area contributed by atoms with Crippen molar-refractivity contribution in [2.24, 2.45) is 0 Å². The van der Waals surface area contributed by atoms with Gasteiger partial charge in [0.2, 0.25) is 0 Å². The second kappa shape index (κ2) is 5.39. The second-order valence-corrected chi connectivity index (χ2v) is 8.85. The molecule has 1 aliphatic rings. The third kappa shape index (κ3) is 1.94. The maximum Gasteiger partial charge on any atom is 0.0164 e. The molecule has 0 aromatic heterocycles. The quantitative estimate of drug-likeness (QED) is 0.511. The summed E-state index contributed by atoms with van der Waals surface area (Å²) < 4.78 is 0. The number of rotatable bonds is 1. The van der Waals surface area contributed by atoms with Crippen molar-refractivity contribution in [2.45, 2.75) is 72.6 Å². The van der Waals surface area contributed by atoms with Crippen LogP contribution in [0.15, 0.2) is 4.90 Å². The Morgan fingerprint density at radius 3 is 1.46 bits per heavy atom. The van der Waals surface area contributed by atoms with Gasteiger partial charge in [0.05, 0.1) is 0 Å². The van der Waals surface area contributed by atoms with Crippen LogP contribution < -0.4 is 0 Å². The molecule has 0 bridgehead atoms. The maximum absolute atomic E-state index is 2.42. The standard InChI is InChI=1S/C23H30S/c1-11-12(2)15(5)20-18(13(11)3)19-14(4)16(6)22(24-10)17(7)21(19)23(20,8)9/h1-10H3. The summed E-state index contributed by atoms with van der Waals surface area (Å²) in [6.07, 6.45) is 2.21. The minimum Gasteiger partial charge on any atom is -0.129 e. The van der Waals surface area contributed by atoms with E-state index in [1.165, 1.54) is 55.0 Å². The van der Waals surface area contributed by atoms with E-state index in [4.69, 9.17) is 0 Å². The zero-order valence-corrected chi connectivity index (χ0v) is 17.7. The molecule has 1 aliphatic carbocycles. The van der Waals surface area contributed by atoms with Crippen molar-refractivity contribution in [2.75, 3.05) is 6.26 Å². The molecule has 0 saturated heterocycles. The summed E-state index contributed by atoms with van der Waals surface area (Å²) in [5.41, 5.74) is 16.5. The molecule has 3 rings (SSSR count). The molecule has 0 spiro atoms. The van der Waals surface area contributed by atoms with Crippen LogP contribution in [0.4, 0.5) is 0 Å².